The Bertz CT molecular complexity index is 486. The van der Waals surface area contributed by atoms with Gasteiger partial charge in [0.15, 0.2) is 0 Å². The number of aliphatic carboxylic acids is 1. The first-order valence-electron chi connectivity index (χ1n) is 5.92. The molecule has 2 rings (SSSR count). The number of carbonyl (C=O) groups is 1. The molecule has 1 aromatic heterocycles. The van der Waals surface area contributed by atoms with Crippen molar-refractivity contribution in [3.05, 3.63) is 20.2 Å². The van der Waals surface area contributed by atoms with Crippen molar-refractivity contribution < 1.29 is 9.90 Å². The first-order valence-corrected chi connectivity index (χ1v) is 6.74. The molecule has 0 radical (unpaired) electrons. The predicted octanol–water partition coefficient (Wildman–Crippen LogP) is 1.76. The number of hydrogen-bond acceptors (Lipinski definition) is 3. The van der Waals surface area contributed by atoms with E-state index in [-0.39, 0.29) is 11.4 Å². The van der Waals surface area contributed by atoms with Crippen molar-refractivity contribution in [2.75, 3.05) is 0 Å². The number of aromatic nitrogens is 1. The molecular weight excluding hydrogens is 238 g/mol. The Labute approximate surface area is 104 Å². The van der Waals surface area contributed by atoms with Gasteiger partial charge in [0.1, 0.15) is 6.54 Å². The smallest absolute Gasteiger partial charge is 0.323 e. The van der Waals surface area contributed by atoms with E-state index in [9.17, 15) is 9.59 Å². The van der Waals surface area contributed by atoms with Crippen LogP contribution in [0.3, 0.4) is 0 Å². The zero-order valence-electron chi connectivity index (χ0n) is 10.1. The van der Waals surface area contributed by atoms with Gasteiger partial charge >= 0.3 is 10.8 Å². The Hall–Kier alpha value is -1.10. The van der Waals surface area contributed by atoms with Crippen LogP contribution in [0.4, 0.5) is 0 Å². The summed E-state index contributed by atoms with van der Waals surface area (Å²) in [7, 11) is 0. The fourth-order valence-corrected chi connectivity index (χ4v) is 3.56. The number of carboxylic acids is 1. The zero-order chi connectivity index (χ0) is 12.6. The lowest BCUT2D eigenvalue weighted by Crippen LogP contribution is -2.24. The van der Waals surface area contributed by atoms with Gasteiger partial charge in [-0.15, -0.1) is 0 Å². The van der Waals surface area contributed by atoms with Gasteiger partial charge < -0.3 is 5.11 Å². The molecule has 1 aliphatic carbocycles. The summed E-state index contributed by atoms with van der Waals surface area (Å²) in [5, 5.41) is 8.80. The monoisotopic (exact) mass is 255 g/mol. The number of carboxylic acid groups (broad SMARTS) is 1. The van der Waals surface area contributed by atoms with E-state index in [2.05, 4.69) is 13.8 Å². The molecule has 1 N–H and O–H groups in total. The van der Waals surface area contributed by atoms with Gasteiger partial charge in [0.05, 0.1) is 0 Å². The summed E-state index contributed by atoms with van der Waals surface area (Å²) in [6, 6.07) is 0. The molecule has 1 aromatic rings. The molecule has 1 heterocycles. The molecule has 0 aliphatic heterocycles. The van der Waals surface area contributed by atoms with E-state index in [0.717, 1.165) is 29.8 Å². The third-order valence-electron chi connectivity index (χ3n) is 3.51. The Morgan fingerprint density at radius 2 is 2.29 bits per heavy atom. The second kappa shape index (κ2) is 4.64. The minimum absolute atomic E-state index is 0.123. The van der Waals surface area contributed by atoms with Crippen LogP contribution in [-0.4, -0.2) is 15.6 Å². The maximum absolute atomic E-state index is 11.7. The maximum atomic E-state index is 11.7. The molecule has 1 atom stereocenters. The second-order valence-corrected chi connectivity index (χ2v) is 6.01. The van der Waals surface area contributed by atoms with Crippen molar-refractivity contribution in [1.29, 1.82) is 0 Å². The Balaban J connectivity index is 2.30. The molecule has 5 heteroatoms. The molecule has 0 saturated carbocycles. The van der Waals surface area contributed by atoms with E-state index in [1.54, 1.807) is 0 Å². The van der Waals surface area contributed by atoms with Crippen LogP contribution in [-0.2, 0) is 24.2 Å². The van der Waals surface area contributed by atoms with Crippen molar-refractivity contribution in [3.63, 3.8) is 0 Å². The van der Waals surface area contributed by atoms with E-state index in [4.69, 9.17) is 5.11 Å². The van der Waals surface area contributed by atoms with E-state index in [1.807, 2.05) is 0 Å². The van der Waals surface area contributed by atoms with Crippen LogP contribution in [0.2, 0.25) is 0 Å². The van der Waals surface area contributed by atoms with E-state index < -0.39 is 5.97 Å². The van der Waals surface area contributed by atoms with Crippen LogP contribution in [0.1, 0.15) is 30.8 Å². The minimum atomic E-state index is -0.946. The molecule has 94 valence electrons. The number of nitrogens with zero attached hydrogens (tertiary/aromatic N) is 1. The van der Waals surface area contributed by atoms with Crippen molar-refractivity contribution >= 4 is 17.3 Å². The average Bonchev–Trinajstić information content (AvgIpc) is 2.54. The van der Waals surface area contributed by atoms with Crippen molar-refractivity contribution in [2.24, 2.45) is 11.8 Å². The summed E-state index contributed by atoms with van der Waals surface area (Å²) < 4.78 is 1.43. The van der Waals surface area contributed by atoms with Crippen LogP contribution in [0.25, 0.3) is 0 Å². The van der Waals surface area contributed by atoms with Crippen LogP contribution in [0.15, 0.2) is 4.79 Å². The number of thiazole rings is 1. The highest BCUT2D eigenvalue weighted by molar-refractivity contribution is 7.09. The highest BCUT2D eigenvalue weighted by atomic mass is 32.1. The number of fused-ring (bicyclic) bond motifs is 1. The summed E-state index contributed by atoms with van der Waals surface area (Å²) in [6.07, 6.45) is 2.82. The summed E-state index contributed by atoms with van der Waals surface area (Å²) >= 11 is 1.22. The quantitative estimate of drug-likeness (QED) is 0.895. The van der Waals surface area contributed by atoms with Gasteiger partial charge in [0.2, 0.25) is 0 Å². The average molecular weight is 255 g/mol. The normalized spacial score (nSPS) is 19.4. The van der Waals surface area contributed by atoms with Gasteiger partial charge in [0.25, 0.3) is 0 Å². The van der Waals surface area contributed by atoms with Gasteiger partial charge in [-0.2, -0.15) is 0 Å². The summed E-state index contributed by atoms with van der Waals surface area (Å²) in [5.41, 5.74) is 0.958. The lowest BCUT2D eigenvalue weighted by atomic mass is 9.83. The van der Waals surface area contributed by atoms with Crippen LogP contribution < -0.4 is 4.87 Å². The zero-order valence-corrected chi connectivity index (χ0v) is 10.9. The molecule has 1 unspecified atom stereocenters. The molecule has 1 aliphatic rings. The van der Waals surface area contributed by atoms with E-state index >= 15 is 0 Å². The molecule has 0 saturated heterocycles. The first kappa shape index (κ1) is 12.4. The molecular formula is C12H17NO3S. The van der Waals surface area contributed by atoms with E-state index in [1.165, 1.54) is 15.9 Å². The van der Waals surface area contributed by atoms with Crippen molar-refractivity contribution in [2.45, 2.75) is 39.7 Å². The lowest BCUT2D eigenvalue weighted by molar-refractivity contribution is -0.137. The summed E-state index contributed by atoms with van der Waals surface area (Å²) in [5.74, 6) is 0.297. The molecule has 0 fully saturated rings. The predicted molar refractivity (Wildman–Crippen MR) is 66.6 cm³/mol. The lowest BCUT2D eigenvalue weighted by Gasteiger charge is -2.25. The molecule has 0 aromatic carbocycles. The first-order chi connectivity index (χ1) is 7.99. The highest BCUT2D eigenvalue weighted by Gasteiger charge is 2.26. The largest absolute Gasteiger partial charge is 0.480 e. The van der Waals surface area contributed by atoms with Crippen LogP contribution >= 0.6 is 11.3 Å². The van der Waals surface area contributed by atoms with Gasteiger partial charge in [-0.05, 0) is 31.1 Å². The fourth-order valence-electron chi connectivity index (χ4n) is 2.44. The van der Waals surface area contributed by atoms with Crippen molar-refractivity contribution in [3.8, 4) is 0 Å². The molecule has 4 nitrogen and oxygen atoms in total. The van der Waals surface area contributed by atoms with Gasteiger partial charge in [-0.1, -0.05) is 25.2 Å². The summed E-state index contributed by atoms with van der Waals surface area (Å²) in [4.78, 5) is 23.4. The molecule has 0 amide bonds. The SMILES string of the molecule is CC(C)C1CCc2c(sc(=O)n2CC(=O)O)C1. The molecule has 17 heavy (non-hydrogen) atoms. The second-order valence-electron chi connectivity index (χ2n) is 4.96. The van der Waals surface area contributed by atoms with Crippen LogP contribution in [0.5, 0.6) is 0 Å². The highest BCUT2D eigenvalue weighted by Crippen LogP contribution is 2.31. The molecule has 0 spiro atoms. The minimum Gasteiger partial charge on any atom is -0.480 e. The topological polar surface area (TPSA) is 59.3 Å². The number of rotatable bonds is 3. The van der Waals surface area contributed by atoms with Gasteiger partial charge in [-0.3, -0.25) is 14.2 Å². The van der Waals surface area contributed by atoms with Crippen molar-refractivity contribution in [1.82, 2.24) is 4.57 Å². The Morgan fingerprint density at radius 1 is 1.59 bits per heavy atom. The number of hydrogen-bond donors (Lipinski definition) is 1. The maximum Gasteiger partial charge on any atom is 0.323 e. The Morgan fingerprint density at radius 3 is 2.88 bits per heavy atom. The molecule has 0 bridgehead atoms. The van der Waals surface area contributed by atoms with Gasteiger partial charge in [0, 0.05) is 10.6 Å². The Kier molecular flexibility index (Phi) is 3.38. The third-order valence-corrected chi connectivity index (χ3v) is 4.56. The van der Waals surface area contributed by atoms with E-state index in [0.29, 0.717) is 11.8 Å². The van der Waals surface area contributed by atoms with Gasteiger partial charge in [-0.25, -0.2) is 0 Å². The summed E-state index contributed by atoms with van der Waals surface area (Å²) in [6.45, 7) is 4.20. The van der Waals surface area contributed by atoms with Crippen LogP contribution in [0, 0.1) is 11.8 Å². The standard InChI is InChI=1S/C12H17NO3S/c1-7(2)8-3-4-9-10(5-8)17-12(16)13(9)6-11(14)15/h7-8H,3-6H2,1-2H3,(H,14,15). The fraction of sp³-hybridized carbons (Fsp3) is 0.667. The third kappa shape index (κ3) is 2.44.